The third-order valence-corrected chi connectivity index (χ3v) is 4.49. The number of rotatable bonds is 8. The Balaban J connectivity index is 1.64. The summed E-state index contributed by atoms with van der Waals surface area (Å²) in [6.45, 7) is 0.581. The molecule has 0 fully saturated rings. The second kappa shape index (κ2) is 9.33. The Kier molecular flexibility index (Phi) is 5.93. The van der Waals surface area contributed by atoms with Crippen LogP contribution in [0.4, 0.5) is 22.7 Å². The van der Waals surface area contributed by atoms with Crippen LogP contribution in [0.3, 0.4) is 0 Å². The van der Waals surface area contributed by atoms with E-state index in [4.69, 9.17) is 0 Å². The van der Waals surface area contributed by atoms with Gasteiger partial charge in [-0.3, -0.25) is 20.9 Å². The van der Waals surface area contributed by atoms with Crippen LogP contribution in [-0.4, -0.2) is 6.67 Å². The molecule has 0 spiro atoms. The molecule has 0 aliphatic rings. The van der Waals surface area contributed by atoms with Crippen LogP contribution in [0.15, 0.2) is 121 Å². The molecule has 4 heteroatoms. The van der Waals surface area contributed by atoms with Gasteiger partial charge in [0.1, 0.15) is 6.67 Å². The molecule has 0 aliphatic heterocycles. The van der Waals surface area contributed by atoms with Gasteiger partial charge < -0.3 is 0 Å². The zero-order chi connectivity index (χ0) is 19.7. The highest BCUT2D eigenvalue weighted by Crippen LogP contribution is 2.21. The molecule has 29 heavy (non-hydrogen) atoms. The molecule has 0 heterocycles. The Morgan fingerprint density at radius 2 is 0.724 bits per heavy atom. The van der Waals surface area contributed by atoms with Gasteiger partial charge in [0.05, 0.1) is 22.7 Å². The van der Waals surface area contributed by atoms with Gasteiger partial charge in [-0.2, -0.15) is 0 Å². The number of para-hydroxylation sites is 4. The van der Waals surface area contributed by atoms with Crippen LogP contribution in [0.1, 0.15) is 0 Å². The van der Waals surface area contributed by atoms with E-state index in [2.05, 4.69) is 69.4 Å². The lowest BCUT2D eigenvalue weighted by Crippen LogP contribution is -2.44. The largest absolute Gasteiger partial charge is 0.297 e. The van der Waals surface area contributed by atoms with Crippen molar-refractivity contribution in [3.63, 3.8) is 0 Å². The summed E-state index contributed by atoms with van der Waals surface area (Å²) in [5.41, 5.74) is 11.3. The van der Waals surface area contributed by atoms with Gasteiger partial charge in [-0.25, -0.2) is 0 Å². The average molecular weight is 380 g/mol. The summed E-state index contributed by atoms with van der Waals surface area (Å²) in [6.07, 6.45) is 0. The maximum atomic E-state index is 3.53. The zero-order valence-electron chi connectivity index (χ0n) is 16.1. The highest BCUT2D eigenvalue weighted by atomic mass is 15.6. The quantitative estimate of drug-likeness (QED) is 0.289. The van der Waals surface area contributed by atoms with Crippen molar-refractivity contribution in [3.05, 3.63) is 121 Å². The van der Waals surface area contributed by atoms with Gasteiger partial charge in [0.15, 0.2) is 0 Å². The molecule has 2 N–H and O–H groups in total. The Labute approximate surface area is 172 Å². The summed E-state index contributed by atoms with van der Waals surface area (Å²) < 4.78 is 0. The van der Waals surface area contributed by atoms with Gasteiger partial charge in [-0.05, 0) is 48.5 Å². The van der Waals surface area contributed by atoms with Gasteiger partial charge in [0.2, 0.25) is 0 Å². The van der Waals surface area contributed by atoms with Gasteiger partial charge in [-0.15, -0.1) is 0 Å². The standard InChI is InChI=1S/C25H24N4/c1-5-13-22(14-6-1)26-28(24-17-9-3-10-18-24)21-29(25-19-11-4-12-20-25)27-23-15-7-2-8-16-23/h1-20,26-27H,21H2. The van der Waals surface area contributed by atoms with Crippen molar-refractivity contribution >= 4 is 22.7 Å². The maximum Gasteiger partial charge on any atom is 0.130 e. The van der Waals surface area contributed by atoms with E-state index in [0.717, 1.165) is 22.7 Å². The number of hydrogen-bond acceptors (Lipinski definition) is 4. The fourth-order valence-electron chi connectivity index (χ4n) is 3.06. The Hall–Kier alpha value is -3.92. The molecule has 4 aromatic rings. The van der Waals surface area contributed by atoms with Crippen LogP contribution >= 0.6 is 0 Å². The van der Waals surface area contributed by atoms with Crippen LogP contribution in [0.25, 0.3) is 0 Å². The van der Waals surface area contributed by atoms with Crippen molar-refractivity contribution < 1.29 is 0 Å². The SMILES string of the molecule is c1ccc(NN(CN(Nc2ccccc2)c2ccccc2)c2ccccc2)cc1. The predicted octanol–water partition coefficient (Wildman–Crippen LogP) is 6.01. The van der Waals surface area contributed by atoms with Gasteiger partial charge in [-0.1, -0.05) is 72.8 Å². The first-order valence-corrected chi connectivity index (χ1v) is 9.67. The number of benzene rings is 4. The molecular weight excluding hydrogens is 356 g/mol. The molecule has 0 radical (unpaired) electrons. The van der Waals surface area contributed by atoms with E-state index in [0.29, 0.717) is 6.67 Å². The highest BCUT2D eigenvalue weighted by Gasteiger charge is 2.14. The number of anilines is 4. The van der Waals surface area contributed by atoms with Crippen LogP contribution in [-0.2, 0) is 0 Å². The maximum absolute atomic E-state index is 3.53. The summed E-state index contributed by atoms with van der Waals surface area (Å²) >= 11 is 0. The summed E-state index contributed by atoms with van der Waals surface area (Å²) in [7, 11) is 0. The molecule has 4 rings (SSSR count). The molecule has 0 atom stereocenters. The minimum Gasteiger partial charge on any atom is -0.297 e. The molecule has 0 aliphatic carbocycles. The predicted molar refractivity (Wildman–Crippen MR) is 123 cm³/mol. The number of hydrazine groups is 2. The fourth-order valence-corrected chi connectivity index (χ4v) is 3.06. The van der Waals surface area contributed by atoms with E-state index < -0.39 is 0 Å². The molecular formula is C25H24N4. The Morgan fingerprint density at radius 1 is 0.414 bits per heavy atom. The molecule has 0 unspecified atom stereocenters. The van der Waals surface area contributed by atoms with E-state index in [1.807, 2.05) is 72.8 Å². The van der Waals surface area contributed by atoms with E-state index in [1.165, 1.54) is 0 Å². The number of nitrogens with one attached hydrogen (secondary N) is 2. The Bertz CT molecular complexity index is 893. The lowest BCUT2D eigenvalue weighted by molar-refractivity contribution is 0.836. The van der Waals surface area contributed by atoms with Crippen LogP contribution in [0, 0.1) is 0 Å². The van der Waals surface area contributed by atoms with Crippen molar-refractivity contribution in [2.45, 2.75) is 0 Å². The normalized spacial score (nSPS) is 10.2. The molecule has 0 aromatic heterocycles. The van der Waals surface area contributed by atoms with Crippen LogP contribution in [0.5, 0.6) is 0 Å². The molecule has 0 saturated carbocycles. The summed E-state index contributed by atoms with van der Waals surface area (Å²) in [5, 5.41) is 4.25. The van der Waals surface area contributed by atoms with Crippen molar-refractivity contribution in [1.29, 1.82) is 0 Å². The minimum absolute atomic E-state index is 0.581. The van der Waals surface area contributed by atoms with Gasteiger partial charge in [0.25, 0.3) is 0 Å². The third kappa shape index (κ3) is 5.08. The van der Waals surface area contributed by atoms with Gasteiger partial charge >= 0.3 is 0 Å². The minimum atomic E-state index is 0.581. The monoisotopic (exact) mass is 380 g/mol. The number of hydrogen-bond donors (Lipinski definition) is 2. The van der Waals surface area contributed by atoms with E-state index in [1.54, 1.807) is 0 Å². The molecule has 0 saturated heterocycles. The number of nitrogens with zero attached hydrogens (tertiary/aromatic N) is 2. The van der Waals surface area contributed by atoms with Crippen molar-refractivity contribution in [3.8, 4) is 0 Å². The van der Waals surface area contributed by atoms with E-state index >= 15 is 0 Å². The fraction of sp³-hybridized carbons (Fsp3) is 0.0400. The van der Waals surface area contributed by atoms with Gasteiger partial charge in [0, 0.05) is 0 Å². The first kappa shape index (κ1) is 18.4. The Morgan fingerprint density at radius 3 is 1.07 bits per heavy atom. The van der Waals surface area contributed by atoms with E-state index in [9.17, 15) is 0 Å². The van der Waals surface area contributed by atoms with E-state index in [-0.39, 0.29) is 0 Å². The topological polar surface area (TPSA) is 30.5 Å². The summed E-state index contributed by atoms with van der Waals surface area (Å²) in [4.78, 5) is 0. The molecule has 4 aromatic carbocycles. The zero-order valence-corrected chi connectivity index (χ0v) is 16.1. The van der Waals surface area contributed by atoms with Crippen LogP contribution in [0.2, 0.25) is 0 Å². The molecule has 0 amide bonds. The van der Waals surface area contributed by atoms with Crippen LogP contribution < -0.4 is 20.9 Å². The highest BCUT2D eigenvalue weighted by molar-refractivity contribution is 5.60. The summed E-state index contributed by atoms with van der Waals surface area (Å²) in [6, 6.07) is 41.1. The third-order valence-electron chi connectivity index (χ3n) is 4.49. The second-order valence-electron chi connectivity index (χ2n) is 6.62. The van der Waals surface area contributed by atoms with Crippen molar-refractivity contribution in [2.24, 2.45) is 0 Å². The first-order chi connectivity index (χ1) is 14.4. The molecule has 4 nitrogen and oxygen atoms in total. The molecule has 144 valence electrons. The average Bonchev–Trinajstić information content (AvgIpc) is 2.81. The lowest BCUT2D eigenvalue weighted by atomic mass is 10.3. The van der Waals surface area contributed by atoms with Crippen molar-refractivity contribution in [2.75, 3.05) is 27.5 Å². The molecule has 0 bridgehead atoms. The summed E-state index contributed by atoms with van der Waals surface area (Å²) in [5.74, 6) is 0. The second-order valence-corrected chi connectivity index (χ2v) is 6.62. The van der Waals surface area contributed by atoms with Crippen molar-refractivity contribution in [1.82, 2.24) is 0 Å². The smallest absolute Gasteiger partial charge is 0.130 e. The lowest BCUT2D eigenvalue weighted by Gasteiger charge is -2.34. The first-order valence-electron chi connectivity index (χ1n) is 9.67.